The quantitative estimate of drug-likeness (QED) is 0.883. The maximum Gasteiger partial charge on any atom is 0.490 e. The maximum atomic E-state index is 10.6. The highest BCUT2D eigenvalue weighted by atomic mass is 19.4. The molecule has 7 heteroatoms. The molecule has 0 aliphatic heterocycles. The number of halogens is 3. The van der Waals surface area contributed by atoms with Crippen LogP contribution in [-0.4, -0.2) is 27.9 Å². The number of alkyl halides is 3. The van der Waals surface area contributed by atoms with Gasteiger partial charge in [0.15, 0.2) is 0 Å². The lowest BCUT2D eigenvalue weighted by Crippen LogP contribution is -2.21. The number of hydrogen-bond acceptors (Lipinski definition) is 2. The van der Waals surface area contributed by atoms with Gasteiger partial charge >= 0.3 is 12.1 Å². The van der Waals surface area contributed by atoms with E-state index in [0.29, 0.717) is 6.04 Å². The first-order valence-corrected chi connectivity index (χ1v) is 6.79. The Morgan fingerprint density at radius 1 is 1.33 bits per heavy atom. The molecule has 1 aromatic rings. The minimum atomic E-state index is -5.08. The number of carboxylic acid groups (broad SMARTS) is 1. The number of aromatic nitrogens is 1. The average Bonchev–Trinajstić information content (AvgIpc) is 2.90. The van der Waals surface area contributed by atoms with Gasteiger partial charge in [-0.3, -0.25) is 0 Å². The van der Waals surface area contributed by atoms with Crippen LogP contribution in [0.5, 0.6) is 0 Å². The van der Waals surface area contributed by atoms with E-state index in [0.717, 1.165) is 5.92 Å². The van der Waals surface area contributed by atoms with Crippen LogP contribution in [0.25, 0.3) is 0 Å². The molecule has 4 nitrogen and oxygen atoms in total. The first-order valence-electron chi connectivity index (χ1n) is 6.79. The van der Waals surface area contributed by atoms with Crippen LogP contribution < -0.4 is 5.73 Å². The number of nitrogens with two attached hydrogens (primary N) is 1. The summed E-state index contributed by atoms with van der Waals surface area (Å²) in [5.41, 5.74) is 8.68. The zero-order valence-corrected chi connectivity index (χ0v) is 12.2. The Balaban J connectivity index is 0.000000270. The topological polar surface area (TPSA) is 68.2 Å². The third-order valence-corrected chi connectivity index (χ3v) is 3.68. The van der Waals surface area contributed by atoms with Crippen LogP contribution in [0.15, 0.2) is 12.1 Å². The van der Waals surface area contributed by atoms with Gasteiger partial charge in [-0.2, -0.15) is 13.2 Å². The second kappa shape index (κ2) is 6.98. The fourth-order valence-electron chi connectivity index (χ4n) is 2.52. The molecule has 21 heavy (non-hydrogen) atoms. The van der Waals surface area contributed by atoms with Crippen molar-refractivity contribution >= 4 is 5.97 Å². The molecule has 0 amide bonds. The van der Waals surface area contributed by atoms with E-state index >= 15 is 0 Å². The van der Waals surface area contributed by atoms with Crippen molar-refractivity contribution in [2.75, 3.05) is 0 Å². The Hall–Kier alpha value is -1.50. The zero-order valence-electron chi connectivity index (χ0n) is 12.2. The molecular formula is C14H21F3N2O2. The number of nitrogens with zero attached hydrogens (tertiary/aromatic N) is 1. The number of aliphatic carboxylic acids is 1. The van der Waals surface area contributed by atoms with Gasteiger partial charge in [0.1, 0.15) is 0 Å². The minimum absolute atomic E-state index is 0.455. The number of hydrogen-bond donors (Lipinski definition) is 2. The fraction of sp³-hybridized carbons (Fsp3) is 0.643. The molecule has 1 aliphatic carbocycles. The molecule has 0 aromatic carbocycles. The van der Waals surface area contributed by atoms with Crippen LogP contribution in [0, 0.1) is 19.8 Å². The van der Waals surface area contributed by atoms with Gasteiger partial charge in [0, 0.05) is 24.0 Å². The Morgan fingerprint density at radius 2 is 1.81 bits per heavy atom. The van der Waals surface area contributed by atoms with E-state index in [4.69, 9.17) is 15.6 Å². The highest BCUT2D eigenvalue weighted by Crippen LogP contribution is 2.26. The van der Waals surface area contributed by atoms with Crippen molar-refractivity contribution < 1.29 is 23.1 Å². The van der Waals surface area contributed by atoms with Crippen molar-refractivity contribution in [1.82, 2.24) is 4.57 Å². The summed E-state index contributed by atoms with van der Waals surface area (Å²) in [7, 11) is 0. The number of aryl methyl sites for hydroxylation is 2. The van der Waals surface area contributed by atoms with Crippen molar-refractivity contribution in [3.8, 4) is 0 Å². The van der Waals surface area contributed by atoms with Crippen molar-refractivity contribution in [2.24, 2.45) is 11.7 Å². The molecule has 0 bridgehead atoms. The van der Waals surface area contributed by atoms with Gasteiger partial charge in [0.2, 0.25) is 0 Å². The van der Waals surface area contributed by atoms with Gasteiger partial charge in [0.05, 0.1) is 0 Å². The van der Waals surface area contributed by atoms with Crippen molar-refractivity contribution in [3.05, 3.63) is 23.5 Å². The van der Waals surface area contributed by atoms with Gasteiger partial charge < -0.3 is 15.4 Å². The van der Waals surface area contributed by atoms with Gasteiger partial charge in [0.25, 0.3) is 0 Å². The van der Waals surface area contributed by atoms with E-state index in [1.165, 1.54) is 37.2 Å². The van der Waals surface area contributed by atoms with Crippen LogP contribution in [0.2, 0.25) is 0 Å². The molecule has 0 spiro atoms. The Morgan fingerprint density at radius 3 is 2.14 bits per heavy atom. The standard InChI is InChI=1S/C12H20N2.C2HF3O2/c1-9-3-4-10(2)14(9)8-11-5-6-12(13)7-11;3-2(4,5)1(6)7/h3-4,11-12H,5-8,13H2,1-2H3;(H,6,7)/t11-,12+;/m0./s1. The van der Waals surface area contributed by atoms with Gasteiger partial charge in [-0.15, -0.1) is 0 Å². The second-order valence-electron chi connectivity index (χ2n) is 5.47. The van der Waals surface area contributed by atoms with Crippen LogP contribution in [0.3, 0.4) is 0 Å². The molecule has 120 valence electrons. The summed E-state index contributed by atoms with van der Waals surface area (Å²) in [6.07, 6.45) is -1.36. The molecule has 1 fully saturated rings. The predicted molar refractivity (Wildman–Crippen MR) is 72.9 cm³/mol. The molecule has 2 rings (SSSR count). The first-order chi connectivity index (χ1) is 9.61. The molecule has 3 N–H and O–H groups in total. The SMILES string of the molecule is Cc1ccc(C)n1C[C@H]1CC[C@@H](N)C1.O=C(O)C(F)(F)F. The summed E-state index contributed by atoms with van der Waals surface area (Å²) in [5, 5.41) is 7.12. The van der Waals surface area contributed by atoms with Crippen LogP contribution in [0.1, 0.15) is 30.7 Å². The number of carbonyl (C=O) groups is 1. The smallest absolute Gasteiger partial charge is 0.475 e. The lowest BCUT2D eigenvalue weighted by molar-refractivity contribution is -0.192. The van der Waals surface area contributed by atoms with Crippen LogP contribution in [-0.2, 0) is 11.3 Å². The molecule has 1 aromatic heterocycles. The highest BCUT2D eigenvalue weighted by Gasteiger charge is 2.38. The van der Waals surface area contributed by atoms with E-state index < -0.39 is 12.1 Å². The lowest BCUT2D eigenvalue weighted by atomic mass is 10.1. The Bertz CT molecular complexity index is 464. The summed E-state index contributed by atoms with van der Waals surface area (Å²) >= 11 is 0. The summed E-state index contributed by atoms with van der Waals surface area (Å²) in [6.45, 7) is 5.53. The summed E-state index contributed by atoms with van der Waals surface area (Å²) in [4.78, 5) is 8.90. The highest BCUT2D eigenvalue weighted by molar-refractivity contribution is 5.73. The van der Waals surface area contributed by atoms with Gasteiger partial charge in [-0.1, -0.05) is 0 Å². The monoisotopic (exact) mass is 306 g/mol. The van der Waals surface area contributed by atoms with Crippen molar-refractivity contribution in [1.29, 1.82) is 0 Å². The summed E-state index contributed by atoms with van der Waals surface area (Å²) < 4.78 is 34.2. The van der Waals surface area contributed by atoms with E-state index in [9.17, 15) is 13.2 Å². The lowest BCUT2D eigenvalue weighted by Gasteiger charge is -2.14. The summed E-state index contributed by atoms with van der Waals surface area (Å²) in [6, 6.07) is 4.85. The zero-order chi connectivity index (χ0) is 16.2. The molecular weight excluding hydrogens is 285 g/mol. The molecule has 1 saturated carbocycles. The minimum Gasteiger partial charge on any atom is -0.475 e. The van der Waals surface area contributed by atoms with Crippen molar-refractivity contribution in [2.45, 2.75) is 51.9 Å². The van der Waals surface area contributed by atoms with Crippen LogP contribution in [0.4, 0.5) is 13.2 Å². The average molecular weight is 306 g/mol. The number of rotatable bonds is 2. The Labute approximate surface area is 121 Å². The summed E-state index contributed by atoms with van der Waals surface area (Å²) in [5.74, 6) is -1.96. The molecule has 0 radical (unpaired) electrons. The first kappa shape index (κ1) is 17.6. The van der Waals surface area contributed by atoms with Crippen LogP contribution >= 0.6 is 0 Å². The van der Waals surface area contributed by atoms with Gasteiger partial charge in [-0.25, -0.2) is 4.79 Å². The number of carboxylic acids is 1. The molecule has 0 saturated heterocycles. The Kier molecular flexibility index (Phi) is 5.83. The molecule has 1 heterocycles. The largest absolute Gasteiger partial charge is 0.490 e. The predicted octanol–water partition coefficient (Wildman–Crippen LogP) is 2.87. The second-order valence-corrected chi connectivity index (χ2v) is 5.47. The molecule has 1 aliphatic rings. The van der Waals surface area contributed by atoms with E-state index in [1.807, 2.05) is 0 Å². The van der Waals surface area contributed by atoms with Gasteiger partial charge in [-0.05, 0) is 51.2 Å². The fourth-order valence-corrected chi connectivity index (χ4v) is 2.52. The third kappa shape index (κ3) is 5.41. The van der Waals surface area contributed by atoms with E-state index in [1.54, 1.807) is 0 Å². The normalized spacial score (nSPS) is 21.8. The molecule has 2 atom stereocenters. The molecule has 0 unspecified atom stereocenters. The van der Waals surface area contributed by atoms with Crippen molar-refractivity contribution in [3.63, 3.8) is 0 Å². The van der Waals surface area contributed by atoms with E-state index in [-0.39, 0.29) is 0 Å². The van der Waals surface area contributed by atoms with E-state index in [2.05, 4.69) is 30.5 Å². The third-order valence-electron chi connectivity index (χ3n) is 3.68. The maximum absolute atomic E-state index is 10.6.